The molecule has 2 rings (SSSR count). The van der Waals surface area contributed by atoms with Crippen molar-refractivity contribution in [1.82, 2.24) is 10.3 Å². The lowest BCUT2D eigenvalue weighted by Crippen LogP contribution is -2.12. The fraction of sp³-hybridized carbons (Fsp3) is 0.308. The van der Waals surface area contributed by atoms with Crippen LogP contribution in [0.4, 0.5) is 0 Å². The number of hydrogen-bond donors (Lipinski definition) is 1. The van der Waals surface area contributed by atoms with Crippen molar-refractivity contribution in [2.24, 2.45) is 0 Å². The molecule has 0 aliphatic rings. The lowest BCUT2D eigenvalue weighted by atomic mass is 10.1. The second-order valence-electron chi connectivity index (χ2n) is 4.04. The third kappa shape index (κ3) is 2.58. The monoisotopic (exact) mass is 294 g/mol. The maximum absolute atomic E-state index is 5.72. The first-order valence-electron chi connectivity index (χ1n) is 5.51. The standard InChI is InChI=1S/C13H15BrN2O/c1-8-4-5-10(6-11(8)14)12-7-16-13(17-12)9(2)15-3/h4-7,9,15H,1-3H3. The highest BCUT2D eigenvalue weighted by Gasteiger charge is 2.11. The number of aryl methyl sites for hydroxylation is 1. The number of oxazole rings is 1. The lowest BCUT2D eigenvalue weighted by Gasteiger charge is -2.04. The van der Waals surface area contributed by atoms with Gasteiger partial charge in [0.1, 0.15) is 0 Å². The topological polar surface area (TPSA) is 38.1 Å². The molecule has 4 heteroatoms. The molecule has 0 bridgehead atoms. The Morgan fingerprint density at radius 1 is 1.41 bits per heavy atom. The van der Waals surface area contributed by atoms with Gasteiger partial charge >= 0.3 is 0 Å². The molecule has 0 radical (unpaired) electrons. The summed E-state index contributed by atoms with van der Waals surface area (Å²) in [5.41, 5.74) is 2.24. The lowest BCUT2D eigenvalue weighted by molar-refractivity contribution is 0.441. The maximum atomic E-state index is 5.72. The molecule has 2 aromatic rings. The van der Waals surface area contributed by atoms with Crippen LogP contribution in [0.5, 0.6) is 0 Å². The SMILES string of the molecule is CNC(C)c1ncc(-c2ccc(C)c(Br)c2)o1. The van der Waals surface area contributed by atoms with Gasteiger partial charge in [-0.2, -0.15) is 0 Å². The van der Waals surface area contributed by atoms with Crippen LogP contribution < -0.4 is 5.32 Å². The van der Waals surface area contributed by atoms with Crippen molar-refractivity contribution in [3.05, 3.63) is 40.3 Å². The van der Waals surface area contributed by atoms with E-state index in [1.165, 1.54) is 5.56 Å². The van der Waals surface area contributed by atoms with Crippen LogP contribution in [0.3, 0.4) is 0 Å². The van der Waals surface area contributed by atoms with Gasteiger partial charge in [-0.05, 0) is 32.5 Å². The summed E-state index contributed by atoms with van der Waals surface area (Å²) < 4.78 is 6.80. The quantitative estimate of drug-likeness (QED) is 0.938. The predicted octanol–water partition coefficient (Wildman–Crippen LogP) is 3.69. The minimum Gasteiger partial charge on any atom is -0.439 e. The van der Waals surface area contributed by atoms with Crippen LogP contribution >= 0.6 is 15.9 Å². The van der Waals surface area contributed by atoms with Crippen molar-refractivity contribution >= 4 is 15.9 Å². The molecular weight excluding hydrogens is 280 g/mol. The van der Waals surface area contributed by atoms with Crippen molar-refractivity contribution in [3.63, 3.8) is 0 Å². The van der Waals surface area contributed by atoms with Crippen molar-refractivity contribution in [1.29, 1.82) is 0 Å². The predicted molar refractivity (Wildman–Crippen MR) is 71.9 cm³/mol. The Bertz CT molecular complexity index is 522. The molecule has 1 N–H and O–H groups in total. The first kappa shape index (κ1) is 12.3. The Kier molecular flexibility index (Phi) is 3.64. The average molecular weight is 295 g/mol. The van der Waals surface area contributed by atoms with E-state index in [0.29, 0.717) is 5.89 Å². The third-order valence-corrected chi connectivity index (χ3v) is 3.64. The first-order valence-corrected chi connectivity index (χ1v) is 6.30. The maximum Gasteiger partial charge on any atom is 0.211 e. The molecule has 17 heavy (non-hydrogen) atoms. The van der Waals surface area contributed by atoms with Crippen molar-refractivity contribution < 1.29 is 4.42 Å². The number of benzene rings is 1. The Morgan fingerprint density at radius 3 is 2.82 bits per heavy atom. The van der Waals surface area contributed by atoms with Gasteiger partial charge in [-0.3, -0.25) is 0 Å². The van der Waals surface area contributed by atoms with Gasteiger partial charge in [-0.25, -0.2) is 4.98 Å². The number of nitrogens with zero attached hydrogens (tertiary/aromatic N) is 1. The Hall–Kier alpha value is -1.13. The van der Waals surface area contributed by atoms with E-state index in [9.17, 15) is 0 Å². The molecule has 90 valence electrons. The highest BCUT2D eigenvalue weighted by Crippen LogP contribution is 2.27. The summed E-state index contributed by atoms with van der Waals surface area (Å²) in [4.78, 5) is 4.27. The van der Waals surface area contributed by atoms with Gasteiger partial charge < -0.3 is 9.73 Å². The number of hydrogen-bond acceptors (Lipinski definition) is 3. The second-order valence-corrected chi connectivity index (χ2v) is 4.89. The van der Waals surface area contributed by atoms with Gasteiger partial charge in [0.15, 0.2) is 5.76 Å². The first-order chi connectivity index (χ1) is 8.11. The van der Waals surface area contributed by atoms with E-state index < -0.39 is 0 Å². The van der Waals surface area contributed by atoms with Crippen LogP contribution in [-0.4, -0.2) is 12.0 Å². The van der Waals surface area contributed by atoms with E-state index in [4.69, 9.17) is 4.42 Å². The molecule has 0 amide bonds. The van der Waals surface area contributed by atoms with Crippen molar-refractivity contribution in [2.75, 3.05) is 7.05 Å². The van der Waals surface area contributed by atoms with E-state index in [1.807, 2.05) is 26.1 Å². The Labute approximate surface area is 109 Å². The summed E-state index contributed by atoms with van der Waals surface area (Å²) in [5, 5.41) is 3.10. The van der Waals surface area contributed by atoms with E-state index in [1.54, 1.807) is 6.20 Å². The average Bonchev–Trinajstić information content (AvgIpc) is 2.81. The Balaban J connectivity index is 2.33. The molecule has 1 aromatic carbocycles. The molecule has 0 saturated carbocycles. The number of halogens is 1. The number of aromatic nitrogens is 1. The van der Waals surface area contributed by atoms with Crippen molar-refractivity contribution in [3.8, 4) is 11.3 Å². The van der Waals surface area contributed by atoms with Gasteiger partial charge in [0.2, 0.25) is 5.89 Å². The molecule has 0 aliphatic heterocycles. The van der Waals surface area contributed by atoms with E-state index in [0.717, 1.165) is 15.8 Å². The fourth-order valence-corrected chi connectivity index (χ4v) is 1.87. The summed E-state index contributed by atoms with van der Waals surface area (Å²) in [5.74, 6) is 1.50. The largest absolute Gasteiger partial charge is 0.439 e. The minimum atomic E-state index is 0.123. The fourth-order valence-electron chi connectivity index (χ4n) is 1.49. The van der Waals surface area contributed by atoms with Gasteiger partial charge in [-0.1, -0.05) is 28.1 Å². The van der Waals surface area contributed by atoms with E-state index in [2.05, 4.69) is 39.2 Å². The molecule has 0 saturated heterocycles. The third-order valence-electron chi connectivity index (χ3n) is 2.78. The summed E-state index contributed by atoms with van der Waals surface area (Å²) in [6.07, 6.45) is 1.76. The zero-order valence-electron chi connectivity index (χ0n) is 10.1. The van der Waals surface area contributed by atoms with Gasteiger partial charge in [-0.15, -0.1) is 0 Å². The highest BCUT2D eigenvalue weighted by molar-refractivity contribution is 9.10. The summed E-state index contributed by atoms with van der Waals surface area (Å²) in [7, 11) is 1.89. The minimum absolute atomic E-state index is 0.123. The van der Waals surface area contributed by atoms with Crippen LogP contribution in [0.1, 0.15) is 24.4 Å². The normalized spacial score (nSPS) is 12.7. The molecule has 1 aromatic heterocycles. The molecule has 0 spiro atoms. The molecule has 1 atom stereocenters. The van der Waals surface area contributed by atoms with Crippen molar-refractivity contribution in [2.45, 2.75) is 19.9 Å². The van der Waals surface area contributed by atoms with Crippen LogP contribution in [0.25, 0.3) is 11.3 Å². The van der Waals surface area contributed by atoms with Crippen LogP contribution in [0.15, 0.2) is 33.3 Å². The van der Waals surface area contributed by atoms with Gasteiger partial charge in [0.25, 0.3) is 0 Å². The molecular formula is C13H15BrN2O. The highest BCUT2D eigenvalue weighted by atomic mass is 79.9. The molecule has 0 fully saturated rings. The van der Waals surface area contributed by atoms with Crippen LogP contribution in [-0.2, 0) is 0 Å². The zero-order chi connectivity index (χ0) is 12.4. The van der Waals surface area contributed by atoms with E-state index >= 15 is 0 Å². The smallest absolute Gasteiger partial charge is 0.211 e. The summed E-state index contributed by atoms with van der Waals surface area (Å²) >= 11 is 3.52. The molecule has 0 aliphatic carbocycles. The van der Waals surface area contributed by atoms with Crippen LogP contribution in [0, 0.1) is 6.92 Å². The van der Waals surface area contributed by atoms with Crippen LogP contribution in [0.2, 0.25) is 0 Å². The Morgan fingerprint density at radius 2 is 2.18 bits per heavy atom. The zero-order valence-corrected chi connectivity index (χ0v) is 11.7. The van der Waals surface area contributed by atoms with Gasteiger partial charge in [0.05, 0.1) is 12.2 Å². The number of rotatable bonds is 3. The second kappa shape index (κ2) is 5.02. The summed E-state index contributed by atoms with van der Waals surface area (Å²) in [6.45, 7) is 4.07. The van der Waals surface area contributed by atoms with Gasteiger partial charge in [0, 0.05) is 10.0 Å². The molecule has 1 unspecified atom stereocenters. The van der Waals surface area contributed by atoms with E-state index in [-0.39, 0.29) is 6.04 Å². The number of nitrogens with one attached hydrogen (secondary N) is 1. The molecule has 1 heterocycles. The summed E-state index contributed by atoms with van der Waals surface area (Å²) in [6, 6.07) is 6.26. The molecule has 3 nitrogen and oxygen atoms in total.